The van der Waals surface area contributed by atoms with E-state index in [0.29, 0.717) is 0 Å². The largest absolute Gasteiger partial charge is 0.375 e. The second-order valence-electron chi connectivity index (χ2n) is 2.68. The van der Waals surface area contributed by atoms with E-state index in [4.69, 9.17) is 41.2 Å². The topological polar surface area (TPSA) is 29.3 Å². The molecule has 0 saturated carbocycles. The molecule has 0 atom stereocenters. The van der Waals surface area contributed by atoms with E-state index in [-0.39, 0.29) is 27.3 Å². The van der Waals surface area contributed by atoms with Gasteiger partial charge >= 0.3 is 0 Å². The Morgan fingerprint density at radius 3 is 2.67 bits per heavy atom. The third-order valence-electron chi connectivity index (χ3n) is 1.67. The van der Waals surface area contributed by atoms with Gasteiger partial charge in [0.05, 0.1) is 32.7 Å². The minimum Gasteiger partial charge on any atom is -0.375 e. The molecule has 0 bridgehead atoms. The van der Waals surface area contributed by atoms with E-state index < -0.39 is 5.82 Å². The van der Waals surface area contributed by atoms with Crippen LogP contribution >= 0.6 is 51.6 Å². The predicted molar refractivity (Wildman–Crippen MR) is 67.7 cm³/mol. The van der Waals surface area contributed by atoms with Crippen LogP contribution in [0.2, 0.25) is 10.0 Å². The van der Waals surface area contributed by atoms with Crippen LogP contribution in [-0.2, 0) is 6.54 Å². The Kier molecular flexibility index (Phi) is 4.58. The second kappa shape index (κ2) is 5.30. The molecule has 0 heterocycles. The van der Waals surface area contributed by atoms with E-state index in [1.807, 2.05) is 0 Å². The van der Waals surface area contributed by atoms with Crippen molar-refractivity contribution < 1.29 is 4.39 Å². The van der Waals surface area contributed by atoms with Crippen molar-refractivity contribution >= 4 is 56.7 Å². The summed E-state index contributed by atoms with van der Waals surface area (Å²) in [6.45, 7) is 0.112. The van der Waals surface area contributed by atoms with Crippen molar-refractivity contribution in [2.45, 2.75) is 6.54 Å². The van der Waals surface area contributed by atoms with Crippen LogP contribution in [-0.4, -0.2) is 9.04 Å². The number of benzene rings is 1. The summed E-state index contributed by atoms with van der Waals surface area (Å²) < 4.78 is 14.7. The van der Waals surface area contributed by atoms with Gasteiger partial charge in [-0.3, -0.25) is 3.93 Å². The maximum Gasteiger partial charge on any atom is 0.176 e. The van der Waals surface area contributed by atoms with Gasteiger partial charge in [-0.1, -0.05) is 23.2 Å². The quantitative estimate of drug-likeness (QED) is 0.511. The summed E-state index contributed by atoms with van der Waals surface area (Å²) in [5.41, 5.74) is 5.58. The predicted octanol–water partition coefficient (Wildman–Crippen LogP) is 3.49. The van der Waals surface area contributed by atoms with Crippen LogP contribution in [0.15, 0.2) is 12.1 Å². The van der Waals surface area contributed by atoms with Crippen molar-refractivity contribution in [3.05, 3.63) is 33.6 Å². The first-order chi connectivity index (χ1) is 6.93. The highest BCUT2D eigenvalue weighted by Gasteiger charge is 2.14. The Morgan fingerprint density at radius 1 is 1.53 bits per heavy atom. The number of rotatable bonds is 2. The number of hydrogen-bond acceptors (Lipinski definition) is 1. The monoisotopic (exact) mass is 330 g/mol. The molecule has 0 saturated heterocycles. The molecule has 2 nitrogen and oxygen atoms in total. The van der Waals surface area contributed by atoms with E-state index in [9.17, 15) is 4.39 Å². The lowest BCUT2D eigenvalue weighted by Gasteiger charge is -2.15. The average molecular weight is 332 g/mol. The van der Waals surface area contributed by atoms with Gasteiger partial charge in [0, 0.05) is 5.56 Å². The Bertz CT molecular complexity index is 402. The summed E-state index contributed by atoms with van der Waals surface area (Å²) in [5.74, 6) is -0.454. The molecule has 82 valence electrons. The van der Waals surface area contributed by atoms with E-state index in [0.717, 1.165) is 0 Å². The summed E-state index contributed by atoms with van der Waals surface area (Å²) >= 11 is 19.4. The van der Waals surface area contributed by atoms with Crippen LogP contribution < -0.4 is 5.73 Å². The number of nitrogens with two attached hydrogens (primary N) is 1. The Labute approximate surface area is 110 Å². The van der Waals surface area contributed by atoms with Crippen molar-refractivity contribution in [1.29, 1.82) is 0 Å². The van der Waals surface area contributed by atoms with E-state index in [2.05, 4.69) is 16.1 Å². The van der Waals surface area contributed by atoms with Gasteiger partial charge in [-0.2, -0.15) is 0 Å². The Morgan fingerprint density at radius 2 is 2.13 bits per heavy atom. The van der Waals surface area contributed by atoms with Crippen LogP contribution in [0.3, 0.4) is 0 Å². The zero-order valence-electron chi connectivity index (χ0n) is 7.31. The summed E-state index contributed by atoms with van der Waals surface area (Å²) in [7, 11) is 0. The van der Waals surface area contributed by atoms with Gasteiger partial charge in [-0.25, -0.2) is 4.39 Å². The number of nitrogens with zero attached hydrogens (tertiary/aromatic N) is 1. The standard InChI is InChI=1S/C8H6BrCl2FN2S/c9-14(8(13)15)3-4-6(12)2-1-5(10)7(4)11/h1-2H,3H2,(H2,13,15). The first kappa shape index (κ1) is 13.0. The van der Waals surface area contributed by atoms with E-state index >= 15 is 0 Å². The van der Waals surface area contributed by atoms with Crippen LogP contribution in [0.1, 0.15) is 5.56 Å². The maximum absolute atomic E-state index is 13.4. The first-order valence-corrected chi connectivity index (χ1v) is 5.66. The summed E-state index contributed by atoms with van der Waals surface area (Å²) in [4.78, 5) is 0. The number of thiocarbonyl (C=S) groups is 1. The third kappa shape index (κ3) is 3.17. The fourth-order valence-corrected chi connectivity index (χ4v) is 1.64. The van der Waals surface area contributed by atoms with E-state index in [1.165, 1.54) is 16.1 Å². The van der Waals surface area contributed by atoms with Crippen molar-refractivity contribution in [3.8, 4) is 0 Å². The van der Waals surface area contributed by atoms with Crippen molar-refractivity contribution in [1.82, 2.24) is 3.93 Å². The molecule has 0 aliphatic heterocycles. The Balaban J connectivity index is 3.03. The zero-order chi connectivity index (χ0) is 11.6. The number of halogens is 4. The van der Waals surface area contributed by atoms with Crippen molar-refractivity contribution in [3.63, 3.8) is 0 Å². The lowest BCUT2D eigenvalue weighted by atomic mass is 10.2. The average Bonchev–Trinajstić information content (AvgIpc) is 2.18. The molecule has 0 unspecified atom stereocenters. The van der Waals surface area contributed by atoms with Crippen LogP contribution in [0.5, 0.6) is 0 Å². The summed E-state index contributed by atoms with van der Waals surface area (Å²) in [6, 6.07) is 2.63. The smallest absolute Gasteiger partial charge is 0.176 e. The molecule has 0 amide bonds. The molecular weight excluding hydrogens is 326 g/mol. The van der Waals surface area contributed by atoms with Gasteiger partial charge in [0.1, 0.15) is 5.82 Å². The van der Waals surface area contributed by atoms with E-state index in [1.54, 1.807) is 0 Å². The maximum atomic E-state index is 13.4. The van der Waals surface area contributed by atoms with Gasteiger partial charge < -0.3 is 5.73 Å². The van der Waals surface area contributed by atoms with Crippen LogP contribution in [0.25, 0.3) is 0 Å². The third-order valence-corrected chi connectivity index (χ3v) is 3.61. The minimum absolute atomic E-state index is 0.0884. The molecule has 1 aromatic rings. The molecule has 15 heavy (non-hydrogen) atoms. The fourth-order valence-electron chi connectivity index (χ4n) is 0.931. The van der Waals surface area contributed by atoms with Gasteiger partial charge in [0.2, 0.25) is 0 Å². The molecule has 1 rings (SSSR count). The van der Waals surface area contributed by atoms with Gasteiger partial charge in [-0.05, 0) is 24.4 Å². The van der Waals surface area contributed by atoms with Crippen LogP contribution in [0.4, 0.5) is 4.39 Å². The van der Waals surface area contributed by atoms with Gasteiger partial charge in [0.15, 0.2) is 5.11 Å². The van der Waals surface area contributed by atoms with Gasteiger partial charge in [0.25, 0.3) is 0 Å². The molecule has 0 aromatic heterocycles. The lowest BCUT2D eigenvalue weighted by Crippen LogP contribution is -2.26. The molecule has 1 aromatic carbocycles. The normalized spacial score (nSPS) is 10.1. The molecule has 0 spiro atoms. The van der Waals surface area contributed by atoms with Crippen LogP contribution in [0, 0.1) is 5.82 Å². The van der Waals surface area contributed by atoms with Crippen molar-refractivity contribution in [2.75, 3.05) is 0 Å². The zero-order valence-corrected chi connectivity index (χ0v) is 11.2. The molecule has 0 aliphatic rings. The number of hydrogen-bond donors (Lipinski definition) is 1. The summed E-state index contributed by atoms with van der Waals surface area (Å²) in [6.07, 6.45) is 0. The molecule has 0 aliphatic carbocycles. The molecule has 0 fully saturated rings. The highest BCUT2D eigenvalue weighted by atomic mass is 79.9. The minimum atomic E-state index is -0.454. The molecular formula is C8H6BrCl2FN2S. The highest BCUT2D eigenvalue weighted by molar-refractivity contribution is 9.07. The molecule has 2 N–H and O–H groups in total. The Hall–Kier alpha value is -0.100. The van der Waals surface area contributed by atoms with Crippen molar-refractivity contribution in [2.24, 2.45) is 5.73 Å². The molecule has 7 heteroatoms. The second-order valence-corrected chi connectivity index (χ2v) is 4.74. The fraction of sp³-hybridized carbons (Fsp3) is 0.125. The lowest BCUT2D eigenvalue weighted by molar-refractivity contribution is 0.583. The van der Waals surface area contributed by atoms with Gasteiger partial charge in [-0.15, -0.1) is 0 Å². The highest BCUT2D eigenvalue weighted by Crippen LogP contribution is 2.29. The molecule has 0 radical (unpaired) electrons. The first-order valence-electron chi connectivity index (χ1n) is 3.78. The summed E-state index contributed by atoms with van der Waals surface area (Å²) in [5, 5.41) is 0.541. The SMILES string of the molecule is NC(=S)N(Br)Cc1c(F)ccc(Cl)c1Cl.